The van der Waals surface area contributed by atoms with Crippen LogP contribution in [0.4, 0.5) is 0 Å². The first-order chi connectivity index (χ1) is 5.83. The number of aliphatic hydroxyl groups is 1. The second kappa shape index (κ2) is 5.24. The van der Waals surface area contributed by atoms with Gasteiger partial charge in [-0.3, -0.25) is 0 Å². The van der Waals surface area contributed by atoms with Crippen molar-refractivity contribution in [3.63, 3.8) is 0 Å². The Balaban J connectivity index is 2.15. The third kappa shape index (κ3) is 3.30. The van der Waals surface area contributed by atoms with E-state index in [1.807, 2.05) is 6.92 Å². The Bertz CT molecular complexity index is 225. The predicted octanol–water partition coefficient (Wildman–Crippen LogP) is 0.576. The van der Waals surface area contributed by atoms with Gasteiger partial charge in [-0.15, -0.1) is 11.3 Å². The number of hydrogen-bond donors (Lipinski definition) is 2. The standard InChI is InChI=1S/C8H14N2OS/c1-7-6-12-8(10-7)2-3-9-4-5-11/h6,9,11H,2-5H2,1H3. The molecular formula is C8H14N2OS. The monoisotopic (exact) mass is 186 g/mol. The zero-order valence-corrected chi connectivity index (χ0v) is 8.02. The lowest BCUT2D eigenvalue weighted by molar-refractivity contribution is 0.293. The lowest BCUT2D eigenvalue weighted by Crippen LogP contribution is -2.20. The van der Waals surface area contributed by atoms with Gasteiger partial charge in [-0.2, -0.15) is 0 Å². The van der Waals surface area contributed by atoms with Gasteiger partial charge in [-0.25, -0.2) is 4.98 Å². The number of hydrogen-bond acceptors (Lipinski definition) is 4. The molecule has 0 saturated carbocycles. The number of aliphatic hydroxyl groups excluding tert-OH is 1. The molecular weight excluding hydrogens is 172 g/mol. The zero-order valence-electron chi connectivity index (χ0n) is 7.21. The van der Waals surface area contributed by atoms with Crippen LogP contribution in [0.5, 0.6) is 0 Å². The average Bonchev–Trinajstić information content (AvgIpc) is 2.45. The minimum Gasteiger partial charge on any atom is -0.395 e. The highest BCUT2D eigenvalue weighted by Gasteiger charge is 1.96. The SMILES string of the molecule is Cc1csc(CCNCCO)n1. The zero-order chi connectivity index (χ0) is 8.81. The molecule has 0 bridgehead atoms. The van der Waals surface area contributed by atoms with Gasteiger partial charge in [0.1, 0.15) is 0 Å². The van der Waals surface area contributed by atoms with E-state index in [1.165, 1.54) is 0 Å². The minimum atomic E-state index is 0.205. The Hall–Kier alpha value is -0.450. The summed E-state index contributed by atoms with van der Waals surface area (Å²) in [6.07, 6.45) is 0.957. The van der Waals surface area contributed by atoms with Crippen molar-refractivity contribution in [2.24, 2.45) is 0 Å². The molecule has 1 aromatic rings. The van der Waals surface area contributed by atoms with Gasteiger partial charge in [-0.05, 0) is 6.92 Å². The van der Waals surface area contributed by atoms with Crippen LogP contribution < -0.4 is 5.32 Å². The van der Waals surface area contributed by atoms with Crippen molar-refractivity contribution in [2.45, 2.75) is 13.3 Å². The van der Waals surface area contributed by atoms with E-state index in [9.17, 15) is 0 Å². The lowest BCUT2D eigenvalue weighted by atomic mass is 10.4. The molecule has 0 radical (unpaired) electrons. The number of nitrogens with one attached hydrogen (secondary N) is 1. The number of aromatic nitrogens is 1. The van der Waals surface area contributed by atoms with Gasteiger partial charge < -0.3 is 10.4 Å². The smallest absolute Gasteiger partial charge is 0.0940 e. The fourth-order valence-electron chi connectivity index (χ4n) is 0.917. The van der Waals surface area contributed by atoms with Gasteiger partial charge in [0.25, 0.3) is 0 Å². The van der Waals surface area contributed by atoms with E-state index in [2.05, 4.69) is 15.7 Å². The third-order valence-electron chi connectivity index (χ3n) is 1.47. The number of rotatable bonds is 5. The van der Waals surface area contributed by atoms with E-state index in [0.717, 1.165) is 23.7 Å². The summed E-state index contributed by atoms with van der Waals surface area (Å²) in [5.41, 5.74) is 1.09. The molecule has 2 N–H and O–H groups in total. The van der Waals surface area contributed by atoms with Crippen LogP contribution in [0.1, 0.15) is 10.7 Å². The van der Waals surface area contributed by atoms with E-state index < -0.39 is 0 Å². The van der Waals surface area contributed by atoms with Crippen LogP contribution in [0.25, 0.3) is 0 Å². The Morgan fingerprint density at radius 1 is 1.58 bits per heavy atom. The van der Waals surface area contributed by atoms with Crippen molar-refractivity contribution in [1.82, 2.24) is 10.3 Å². The molecule has 0 unspecified atom stereocenters. The predicted molar refractivity (Wildman–Crippen MR) is 50.5 cm³/mol. The fraction of sp³-hybridized carbons (Fsp3) is 0.625. The summed E-state index contributed by atoms with van der Waals surface area (Å²) in [6, 6.07) is 0. The summed E-state index contributed by atoms with van der Waals surface area (Å²) < 4.78 is 0. The van der Waals surface area contributed by atoms with Crippen molar-refractivity contribution in [3.05, 3.63) is 16.1 Å². The minimum absolute atomic E-state index is 0.205. The molecule has 1 rings (SSSR count). The fourth-order valence-corrected chi connectivity index (χ4v) is 1.69. The summed E-state index contributed by atoms with van der Waals surface area (Å²) >= 11 is 1.69. The Morgan fingerprint density at radius 2 is 2.42 bits per heavy atom. The van der Waals surface area contributed by atoms with Crippen LogP contribution in [0.2, 0.25) is 0 Å². The van der Waals surface area contributed by atoms with E-state index in [4.69, 9.17) is 5.11 Å². The molecule has 68 valence electrons. The molecule has 1 aromatic heterocycles. The van der Waals surface area contributed by atoms with Crippen molar-refractivity contribution in [3.8, 4) is 0 Å². The molecule has 0 amide bonds. The Morgan fingerprint density at radius 3 is 3.00 bits per heavy atom. The van der Waals surface area contributed by atoms with Gasteiger partial charge >= 0.3 is 0 Å². The molecule has 1 heterocycles. The van der Waals surface area contributed by atoms with E-state index in [0.29, 0.717) is 6.54 Å². The number of aryl methyl sites for hydroxylation is 1. The highest BCUT2D eigenvalue weighted by Crippen LogP contribution is 2.08. The van der Waals surface area contributed by atoms with Crippen LogP contribution in [0.15, 0.2) is 5.38 Å². The van der Waals surface area contributed by atoms with Crippen LogP contribution in [0.3, 0.4) is 0 Å². The van der Waals surface area contributed by atoms with Crippen molar-refractivity contribution in [2.75, 3.05) is 19.7 Å². The molecule has 0 aliphatic carbocycles. The van der Waals surface area contributed by atoms with Crippen LogP contribution in [0, 0.1) is 6.92 Å². The second-order valence-corrected chi connectivity index (χ2v) is 3.55. The van der Waals surface area contributed by atoms with Gasteiger partial charge in [0, 0.05) is 30.6 Å². The van der Waals surface area contributed by atoms with Crippen molar-refractivity contribution < 1.29 is 5.11 Å². The van der Waals surface area contributed by atoms with Crippen molar-refractivity contribution in [1.29, 1.82) is 0 Å². The van der Waals surface area contributed by atoms with Crippen molar-refractivity contribution >= 4 is 11.3 Å². The maximum absolute atomic E-state index is 8.49. The Kier molecular flexibility index (Phi) is 4.21. The van der Waals surface area contributed by atoms with Crippen LogP contribution in [-0.2, 0) is 6.42 Å². The molecule has 0 aromatic carbocycles. The molecule has 0 atom stereocenters. The number of nitrogens with zero attached hydrogens (tertiary/aromatic N) is 1. The average molecular weight is 186 g/mol. The highest BCUT2D eigenvalue weighted by molar-refractivity contribution is 7.09. The van der Waals surface area contributed by atoms with Gasteiger partial charge in [0.05, 0.1) is 11.6 Å². The van der Waals surface area contributed by atoms with Gasteiger partial charge in [0.2, 0.25) is 0 Å². The summed E-state index contributed by atoms with van der Waals surface area (Å²) in [7, 11) is 0. The molecule has 0 fully saturated rings. The van der Waals surface area contributed by atoms with Gasteiger partial charge in [0.15, 0.2) is 0 Å². The summed E-state index contributed by atoms with van der Waals surface area (Å²) in [5, 5.41) is 14.8. The normalized spacial score (nSPS) is 10.5. The first kappa shape index (κ1) is 9.64. The van der Waals surface area contributed by atoms with E-state index in [-0.39, 0.29) is 6.61 Å². The molecule has 4 heteroatoms. The molecule has 12 heavy (non-hydrogen) atoms. The largest absolute Gasteiger partial charge is 0.395 e. The topological polar surface area (TPSA) is 45.1 Å². The van der Waals surface area contributed by atoms with E-state index >= 15 is 0 Å². The highest BCUT2D eigenvalue weighted by atomic mass is 32.1. The molecule has 0 aliphatic rings. The molecule has 3 nitrogen and oxygen atoms in total. The first-order valence-corrected chi connectivity index (χ1v) is 4.93. The maximum atomic E-state index is 8.49. The Labute approximate surface area is 76.5 Å². The first-order valence-electron chi connectivity index (χ1n) is 4.05. The molecule has 0 spiro atoms. The number of thiazole rings is 1. The quantitative estimate of drug-likeness (QED) is 0.661. The lowest BCUT2D eigenvalue weighted by Gasteiger charge is -1.98. The second-order valence-electron chi connectivity index (χ2n) is 2.61. The van der Waals surface area contributed by atoms with Crippen LogP contribution >= 0.6 is 11.3 Å². The summed E-state index contributed by atoms with van der Waals surface area (Å²) in [5.74, 6) is 0. The van der Waals surface area contributed by atoms with Crippen LogP contribution in [-0.4, -0.2) is 29.8 Å². The summed E-state index contributed by atoms with van der Waals surface area (Å²) in [6.45, 7) is 3.77. The van der Waals surface area contributed by atoms with Gasteiger partial charge in [-0.1, -0.05) is 0 Å². The third-order valence-corrected chi connectivity index (χ3v) is 2.50. The maximum Gasteiger partial charge on any atom is 0.0940 e. The summed E-state index contributed by atoms with van der Waals surface area (Å²) in [4.78, 5) is 4.32. The van der Waals surface area contributed by atoms with E-state index in [1.54, 1.807) is 11.3 Å². The molecule has 0 aliphatic heterocycles. The molecule has 0 saturated heterocycles.